The fourth-order valence-corrected chi connectivity index (χ4v) is 1.74. The Morgan fingerprint density at radius 3 is 3.13 bits per heavy atom. The van der Waals surface area contributed by atoms with Crippen molar-refractivity contribution in [2.45, 2.75) is 12.8 Å². The fraction of sp³-hybridized carbons (Fsp3) is 0.500. The van der Waals surface area contributed by atoms with Crippen molar-refractivity contribution < 1.29 is 4.42 Å². The maximum Gasteiger partial charge on any atom is 0.126 e. The molecule has 0 aliphatic carbocycles. The van der Waals surface area contributed by atoms with Gasteiger partial charge in [-0.15, -0.1) is 0 Å². The lowest BCUT2D eigenvalue weighted by atomic mass is 10.3. The Labute approximate surface area is 96.1 Å². The van der Waals surface area contributed by atoms with E-state index in [-0.39, 0.29) is 0 Å². The molecule has 1 heterocycles. The van der Waals surface area contributed by atoms with Gasteiger partial charge in [0.2, 0.25) is 0 Å². The van der Waals surface area contributed by atoms with Crippen LogP contribution >= 0.6 is 11.8 Å². The Bertz CT molecular complexity index is 257. The second kappa shape index (κ2) is 8.62. The highest BCUT2D eigenvalue weighted by atomic mass is 32.2. The molecule has 84 valence electrons. The molecular weight excluding hydrogens is 206 g/mol. The van der Waals surface area contributed by atoms with E-state index in [1.54, 1.807) is 6.26 Å². The van der Waals surface area contributed by atoms with E-state index in [0.717, 1.165) is 18.8 Å². The minimum absolute atomic E-state index is 0.916. The van der Waals surface area contributed by atoms with Crippen LogP contribution in [-0.4, -0.2) is 25.1 Å². The number of hydrogen-bond donors (Lipinski definition) is 1. The highest BCUT2D eigenvalue weighted by Gasteiger charge is 1.88. The lowest BCUT2D eigenvalue weighted by Crippen LogP contribution is -2.14. The van der Waals surface area contributed by atoms with Crippen LogP contribution in [0, 0.1) is 0 Å². The molecule has 0 saturated heterocycles. The number of rotatable bonds is 8. The summed E-state index contributed by atoms with van der Waals surface area (Å²) in [5, 5.41) is 3.37. The molecule has 0 saturated carbocycles. The van der Waals surface area contributed by atoms with E-state index in [9.17, 15) is 0 Å². The van der Waals surface area contributed by atoms with Crippen LogP contribution in [0.5, 0.6) is 0 Å². The minimum Gasteiger partial charge on any atom is -0.465 e. The number of unbranched alkanes of at least 4 members (excludes halogenated alkanes) is 1. The van der Waals surface area contributed by atoms with Crippen molar-refractivity contribution in [3.63, 3.8) is 0 Å². The first-order chi connectivity index (χ1) is 7.43. The fourth-order valence-electron chi connectivity index (χ4n) is 1.24. The Morgan fingerprint density at radius 2 is 2.40 bits per heavy atom. The minimum atomic E-state index is 0.916. The van der Waals surface area contributed by atoms with Gasteiger partial charge in [0.25, 0.3) is 0 Å². The van der Waals surface area contributed by atoms with Crippen LogP contribution in [0.25, 0.3) is 6.08 Å². The molecule has 0 amide bonds. The molecule has 0 fully saturated rings. The Kier molecular flexibility index (Phi) is 7.13. The second-order valence-electron chi connectivity index (χ2n) is 3.32. The molecule has 0 atom stereocenters. The van der Waals surface area contributed by atoms with Gasteiger partial charge < -0.3 is 9.73 Å². The molecule has 0 unspecified atom stereocenters. The van der Waals surface area contributed by atoms with Gasteiger partial charge in [0.1, 0.15) is 5.76 Å². The van der Waals surface area contributed by atoms with Crippen molar-refractivity contribution >= 4 is 17.8 Å². The molecule has 0 aromatic carbocycles. The van der Waals surface area contributed by atoms with Gasteiger partial charge in [-0.1, -0.05) is 6.08 Å². The smallest absolute Gasteiger partial charge is 0.126 e. The number of hydrogen-bond acceptors (Lipinski definition) is 3. The van der Waals surface area contributed by atoms with E-state index in [0.29, 0.717) is 0 Å². The molecule has 0 radical (unpaired) electrons. The average Bonchev–Trinajstić information content (AvgIpc) is 2.75. The predicted octanol–water partition coefficient (Wildman–Crippen LogP) is 3.03. The van der Waals surface area contributed by atoms with Gasteiger partial charge in [0.15, 0.2) is 0 Å². The highest BCUT2D eigenvalue weighted by Crippen LogP contribution is 2.01. The summed E-state index contributed by atoms with van der Waals surface area (Å²) in [7, 11) is 0. The molecule has 0 bridgehead atoms. The summed E-state index contributed by atoms with van der Waals surface area (Å²) in [5.74, 6) is 2.18. The third kappa shape index (κ3) is 6.42. The largest absolute Gasteiger partial charge is 0.465 e. The number of thioether (sulfide) groups is 1. The molecule has 0 aliphatic heterocycles. The summed E-state index contributed by atoms with van der Waals surface area (Å²) in [6.45, 7) is 2.02. The summed E-state index contributed by atoms with van der Waals surface area (Å²) in [4.78, 5) is 0. The van der Waals surface area contributed by atoms with Crippen LogP contribution in [0.4, 0.5) is 0 Å². The van der Waals surface area contributed by atoms with Gasteiger partial charge in [-0.3, -0.25) is 0 Å². The van der Waals surface area contributed by atoms with E-state index in [1.807, 2.05) is 30.0 Å². The van der Waals surface area contributed by atoms with Crippen LogP contribution in [0.3, 0.4) is 0 Å². The molecule has 15 heavy (non-hydrogen) atoms. The van der Waals surface area contributed by atoms with Gasteiger partial charge in [-0.2, -0.15) is 11.8 Å². The standard InChI is InChI=1S/C12H19NOS/c1-15-11-3-2-8-13-9-4-6-12-7-5-10-14-12/h4-7,10,13H,2-3,8-9,11H2,1H3/b6-4+. The van der Waals surface area contributed by atoms with Crippen molar-refractivity contribution in [2.24, 2.45) is 0 Å². The Morgan fingerprint density at radius 1 is 1.47 bits per heavy atom. The molecule has 0 spiro atoms. The molecule has 1 aromatic rings. The predicted molar refractivity (Wildman–Crippen MR) is 68.2 cm³/mol. The van der Waals surface area contributed by atoms with E-state index >= 15 is 0 Å². The maximum atomic E-state index is 5.18. The van der Waals surface area contributed by atoms with E-state index in [2.05, 4.69) is 17.6 Å². The molecule has 1 N–H and O–H groups in total. The van der Waals surface area contributed by atoms with Crippen LogP contribution in [0.1, 0.15) is 18.6 Å². The van der Waals surface area contributed by atoms with E-state index < -0.39 is 0 Å². The van der Waals surface area contributed by atoms with Crippen LogP contribution in [0.15, 0.2) is 28.9 Å². The third-order valence-corrected chi connectivity index (χ3v) is 2.74. The number of furan rings is 1. The van der Waals surface area contributed by atoms with Gasteiger partial charge in [0, 0.05) is 6.54 Å². The van der Waals surface area contributed by atoms with Gasteiger partial charge in [0.05, 0.1) is 6.26 Å². The summed E-state index contributed by atoms with van der Waals surface area (Å²) in [5.41, 5.74) is 0. The first-order valence-electron chi connectivity index (χ1n) is 5.33. The zero-order chi connectivity index (χ0) is 10.8. The van der Waals surface area contributed by atoms with Crippen molar-refractivity contribution in [2.75, 3.05) is 25.1 Å². The molecule has 2 nitrogen and oxygen atoms in total. The van der Waals surface area contributed by atoms with Gasteiger partial charge in [-0.05, 0) is 49.6 Å². The quantitative estimate of drug-likeness (QED) is 0.688. The van der Waals surface area contributed by atoms with Crippen molar-refractivity contribution in [1.82, 2.24) is 5.32 Å². The lowest BCUT2D eigenvalue weighted by Gasteiger charge is -2.00. The van der Waals surface area contributed by atoms with E-state index in [4.69, 9.17) is 4.42 Å². The van der Waals surface area contributed by atoms with E-state index in [1.165, 1.54) is 18.6 Å². The summed E-state index contributed by atoms with van der Waals surface area (Å²) in [6.07, 6.45) is 10.5. The zero-order valence-corrected chi connectivity index (χ0v) is 10.1. The SMILES string of the molecule is CSCCCCNC/C=C/c1ccco1. The summed E-state index contributed by atoms with van der Waals surface area (Å²) in [6, 6.07) is 3.85. The normalized spacial score (nSPS) is 11.3. The van der Waals surface area contributed by atoms with Crippen molar-refractivity contribution in [3.8, 4) is 0 Å². The third-order valence-electron chi connectivity index (χ3n) is 2.04. The molecule has 0 aliphatic rings. The zero-order valence-electron chi connectivity index (χ0n) is 9.24. The Hall–Kier alpha value is -0.670. The van der Waals surface area contributed by atoms with Gasteiger partial charge >= 0.3 is 0 Å². The molecular formula is C12H19NOS. The summed E-state index contributed by atoms with van der Waals surface area (Å²) >= 11 is 1.91. The first kappa shape index (κ1) is 12.4. The van der Waals surface area contributed by atoms with Crippen LogP contribution in [0.2, 0.25) is 0 Å². The van der Waals surface area contributed by atoms with Gasteiger partial charge in [-0.25, -0.2) is 0 Å². The first-order valence-corrected chi connectivity index (χ1v) is 6.72. The Balaban J connectivity index is 1.93. The van der Waals surface area contributed by atoms with Crippen LogP contribution in [-0.2, 0) is 0 Å². The summed E-state index contributed by atoms with van der Waals surface area (Å²) < 4.78 is 5.18. The lowest BCUT2D eigenvalue weighted by molar-refractivity contribution is 0.556. The molecule has 1 rings (SSSR count). The number of nitrogens with one attached hydrogen (secondary N) is 1. The average molecular weight is 225 g/mol. The van der Waals surface area contributed by atoms with Crippen molar-refractivity contribution in [1.29, 1.82) is 0 Å². The van der Waals surface area contributed by atoms with Crippen LogP contribution < -0.4 is 5.32 Å². The van der Waals surface area contributed by atoms with Crippen molar-refractivity contribution in [3.05, 3.63) is 30.2 Å². The topological polar surface area (TPSA) is 25.2 Å². The monoisotopic (exact) mass is 225 g/mol. The second-order valence-corrected chi connectivity index (χ2v) is 4.31. The highest BCUT2D eigenvalue weighted by molar-refractivity contribution is 7.98. The maximum absolute atomic E-state index is 5.18. The molecule has 1 aromatic heterocycles. The molecule has 3 heteroatoms.